The third-order valence-electron chi connectivity index (χ3n) is 4.11. The van der Waals surface area contributed by atoms with Gasteiger partial charge >= 0.3 is 0 Å². The smallest absolute Gasteiger partial charge is 0.194 e. The molecule has 6 heteroatoms. The summed E-state index contributed by atoms with van der Waals surface area (Å²) in [5.74, 6) is 2.16. The molecule has 1 unspecified atom stereocenters. The van der Waals surface area contributed by atoms with E-state index in [9.17, 15) is 4.21 Å². The number of nitrogens with zero attached hydrogens (tertiary/aromatic N) is 2. The predicted octanol–water partition coefficient (Wildman–Crippen LogP) is 3.64. The van der Waals surface area contributed by atoms with E-state index in [2.05, 4.69) is 16.4 Å². The molecular weight excluding hydrogens is 358 g/mol. The summed E-state index contributed by atoms with van der Waals surface area (Å²) in [5.41, 5.74) is 0.890. The van der Waals surface area contributed by atoms with Crippen molar-refractivity contribution >= 4 is 27.7 Å². The lowest BCUT2D eigenvalue weighted by atomic mass is 10.2. The molecule has 0 bridgehead atoms. The van der Waals surface area contributed by atoms with Crippen molar-refractivity contribution in [1.82, 2.24) is 10.2 Å². The molecule has 142 valence electrons. The largest absolute Gasteiger partial charge is 0.459 e. The average Bonchev–Trinajstić information content (AvgIpc) is 3.10. The maximum Gasteiger partial charge on any atom is 0.194 e. The zero-order valence-corrected chi connectivity index (χ0v) is 16.5. The van der Waals surface area contributed by atoms with Crippen LogP contribution in [0.4, 0.5) is 0 Å². The molecule has 0 fully saturated rings. The average molecular weight is 384 g/mol. The Morgan fingerprint density at radius 2 is 1.89 bits per heavy atom. The summed E-state index contributed by atoms with van der Waals surface area (Å²) in [7, 11) is 0.938. The van der Waals surface area contributed by atoms with Gasteiger partial charge in [0.2, 0.25) is 0 Å². The van der Waals surface area contributed by atoms with Crippen molar-refractivity contribution in [2.75, 3.05) is 25.9 Å². The van der Waals surface area contributed by atoms with Gasteiger partial charge in [-0.2, -0.15) is 0 Å². The summed E-state index contributed by atoms with van der Waals surface area (Å²) in [6.45, 7) is 3.91. The van der Waals surface area contributed by atoms with Gasteiger partial charge in [-0.1, -0.05) is 36.4 Å². The predicted molar refractivity (Wildman–Crippen MR) is 111 cm³/mol. The SMILES string of the molecule is CCNC(=NCCS(=O)c1ccccc1)N(C)Cc1cc2ccccc2o1. The Balaban J connectivity index is 1.62. The molecule has 2 aromatic carbocycles. The number of aliphatic imine (C=N–C) groups is 1. The van der Waals surface area contributed by atoms with Gasteiger partial charge in [0.1, 0.15) is 11.3 Å². The van der Waals surface area contributed by atoms with Crippen LogP contribution in [0.5, 0.6) is 0 Å². The van der Waals surface area contributed by atoms with E-state index in [1.54, 1.807) is 0 Å². The molecule has 5 nitrogen and oxygen atoms in total. The number of hydrogen-bond acceptors (Lipinski definition) is 3. The Kier molecular flexibility index (Phi) is 6.65. The Morgan fingerprint density at radius 1 is 1.15 bits per heavy atom. The van der Waals surface area contributed by atoms with Crippen LogP contribution in [0.25, 0.3) is 11.0 Å². The normalized spacial score (nSPS) is 12.9. The number of hydrogen-bond donors (Lipinski definition) is 1. The molecule has 0 spiro atoms. The first kappa shape index (κ1) is 19.2. The van der Waals surface area contributed by atoms with Gasteiger partial charge in [-0.25, -0.2) is 0 Å². The monoisotopic (exact) mass is 383 g/mol. The van der Waals surface area contributed by atoms with E-state index in [0.717, 1.165) is 34.1 Å². The molecule has 1 atom stereocenters. The third kappa shape index (κ3) is 5.20. The number of para-hydroxylation sites is 1. The number of nitrogens with one attached hydrogen (secondary N) is 1. The second-order valence-corrected chi connectivity index (χ2v) is 7.78. The minimum atomic E-state index is -1.04. The van der Waals surface area contributed by atoms with Crippen LogP contribution < -0.4 is 5.32 Å². The first-order chi connectivity index (χ1) is 13.2. The fraction of sp³-hybridized carbons (Fsp3) is 0.286. The minimum Gasteiger partial charge on any atom is -0.459 e. The number of benzene rings is 2. The van der Waals surface area contributed by atoms with Crippen LogP contribution in [-0.4, -0.2) is 41.0 Å². The fourth-order valence-electron chi connectivity index (χ4n) is 2.82. The minimum absolute atomic E-state index is 0.494. The zero-order chi connectivity index (χ0) is 19.1. The molecule has 0 saturated heterocycles. The molecule has 3 rings (SSSR count). The number of fused-ring (bicyclic) bond motifs is 1. The van der Waals surface area contributed by atoms with Gasteiger partial charge in [0.25, 0.3) is 0 Å². The lowest BCUT2D eigenvalue weighted by Gasteiger charge is -2.20. The van der Waals surface area contributed by atoms with Gasteiger partial charge < -0.3 is 14.6 Å². The number of furan rings is 1. The van der Waals surface area contributed by atoms with Crippen LogP contribution in [0.15, 0.2) is 75.0 Å². The van der Waals surface area contributed by atoms with E-state index < -0.39 is 10.8 Å². The van der Waals surface area contributed by atoms with Crippen molar-refractivity contribution in [3.63, 3.8) is 0 Å². The van der Waals surface area contributed by atoms with Gasteiger partial charge in [-0.05, 0) is 31.2 Å². The van der Waals surface area contributed by atoms with Gasteiger partial charge in [-0.15, -0.1) is 0 Å². The van der Waals surface area contributed by atoms with Gasteiger partial charge in [0, 0.05) is 29.6 Å². The summed E-state index contributed by atoms with van der Waals surface area (Å²) in [6.07, 6.45) is 0. The molecule has 0 radical (unpaired) electrons. The van der Waals surface area contributed by atoms with Crippen molar-refractivity contribution < 1.29 is 8.63 Å². The van der Waals surface area contributed by atoms with E-state index in [0.29, 0.717) is 18.8 Å². The third-order valence-corrected chi connectivity index (χ3v) is 5.46. The summed E-state index contributed by atoms with van der Waals surface area (Å²) in [4.78, 5) is 7.49. The summed E-state index contributed by atoms with van der Waals surface area (Å²) in [5, 5.41) is 4.38. The molecule has 0 saturated carbocycles. The van der Waals surface area contributed by atoms with Crippen LogP contribution in [0.3, 0.4) is 0 Å². The first-order valence-corrected chi connectivity index (χ1v) is 10.4. The highest BCUT2D eigenvalue weighted by Crippen LogP contribution is 2.19. The molecule has 1 N–H and O–H groups in total. The number of guanidine groups is 1. The maximum atomic E-state index is 12.3. The van der Waals surface area contributed by atoms with Crippen molar-refractivity contribution in [3.8, 4) is 0 Å². The highest BCUT2D eigenvalue weighted by atomic mass is 32.2. The molecule has 27 heavy (non-hydrogen) atoms. The molecule has 0 aliphatic carbocycles. The molecule has 0 amide bonds. The lowest BCUT2D eigenvalue weighted by Crippen LogP contribution is -2.38. The second kappa shape index (κ2) is 9.37. The molecule has 3 aromatic rings. The zero-order valence-electron chi connectivity index (χ0n) is 15.7. The Hall–Kier alpha value is -2.60. The van der Waals surface area contributed by atoms with Crippen LogP contribution >= 0.6 is 0 Å². The standard InChI is InChI=1S/C21H25N3O2S/c1-3-22-21(23-13-14-27(25)19-10-5-4-6-11-19)24(2)16-18-15-17-9-7-8-12-20(17)26-18/h4-12,15H,3,13-14,16H2,1-2H3,(H,22,23). The molecule has 1 heterocycles. The lowest BCUT2D eigenvalue weighted by molar-refractivity contribution is 0.413. The van der Waals surface area contributed by atoms with Gasteiger partial charge in [-0.3, -0.25) is 9.20 Å². The Morgan fingerprint density at radius 3 is 2.63 bits per heavy atom. The Bertz CT molecular complexity index is 888. The van der Waals surface area contributed by atoms with Crippen molar-refractivity contribution in [2.45, 2.75) is 18.4 Å². The first-order valence-electron chi connectivity index (χ1n) is 9.07. The molecule has 0 aliphatic rings. The van der Waals surface area contributed by atoms with Crippen molar-refractivity contribution in [1.29, 1.82) is 0 Å². The van der Waals surface area contributed by atoms with Gasteiger partial charge in [0.05, 0.1) is 23.9 Å². The molecule has 1 aromatic heterocycles. The highest BCUT2D eigenvalue weighted by Gasteiger charge is 2.11. The Labute approximate surface area is 162 Å². The topological polar surface area (TPSA) is 57.8 Å². The van der Waals surface area contributed by atoms with Crippen LogP contribution in [0, 0.1) is 0 Å². The van der Waals surface area contributed by atoms with E-state index in [4.69, 9.17) is 4.42 Å². The summed E-state index contributed by atoms with van der Waals surface area (Å²) in [6, 6.07) is 19.6. The van der Waals surface area contributed by atoms with Crippen LogP contribution in [0.1, 0.15) is 12.7 Å². The van der Waals surface area contributed by atoms with E-state index in [1.807, 2.05) is 73.5 Å². The van der Waals surface area contributed by atoms with Gasteiger partial charge in [0.15, 0.2) is 5.96 Å². The van der Waals surface area contributed by atoms with E-state index in [-0.39, 0.29) is 0 Å². The van der Waals surface area contributed by atoms with E-state index >= 15 is 0 Å². The second-order valence-electron chi connectivity index (χ2n) is 6.20. The number of rotatable bonds is 7. The summed E-state index contributed by atoms with van der Waals surface area (Å²) >= 11 is 0. The quantitative estimate of drug-likeness (QED) is 0.500. The molecule has 0 aliphatic heterocycles. The maximum absolute atomic E-state index is 12.3. The highest BCUT2D eigenvalue weighted by molar-refractivity contribution is 7.85. The molecular formula is C21H25N3O2S. The fourth-order valence-corrected chi connectivity index (χ4v) is 3.77. The van der Waals surface area contributed by atoms with Crippen molar-refractivity contribution in [2.24, 2.45) is 4.99 Å². The van der Waals surface area contributed by atoms with E-state index in [1.165, 1.54) is 0 Å². The summed E-state index contributed by atoms with van der Waals surface area (Å²) < 4.78 is 18.2. The van der Waals surface area contributed by atoms with Crippen LogP contribution in [0.2, 0.25) is 0 Å². The van der Waals surface area contributed by atoms with Crippen LogP contribution in [-0.2, 0) is 17.3 Å². The van der Waals surface area contributed by atoms with Crippen molar-refractivity contribution in [3.05, 3.63) is 66.4 Å².